The van der Waals surface area contributed by atoms with Gasteiger partial charge >= 0.3 is 46.1 Å². The molecule has 4 unspecified atom stereocenters. The number of aliphatic hydroxyl groups is 1. The minimum absolute atomic E-state index is 0.00773. The average Bonchev–Trinajstić information content (AvgIpc) is 4.33. The SMILES string of the molecule is O=S(=O)(OC1C2CCC1CC(OCc1c(-c3ccccc3OC(F)(F)F)noc1C1CC1)C2)C(F)(F)C(F)(F)C(F)(F)C(F)(F)F.OC1C2CCC1CC(OCc1c(-c3ccccc3OC(F)(F)F)noc1C1CC1)C2. The van der Waals surface area contributed by atoms with Crippen LogP contribution in [0.3, 0.4) is 0 Å². The first-order valence-corrected chi connectivity index (χ1v) is 25.6. The van der Waals surface area contributed by atoms with Crippen molar-refractivity contribution in [2.45, 2.75) is 163 Å². The van der Waals surface area contributed by atoms with E-state index in [-0.39, 0.29) is 97.3 Å². The van der Waals surface area contributed by atoms with E-state index in [2.05, 4.69) is 24.0 Å². The second-order valence-electron chi connectivity index (χ2n) is 20.1. The first kappa shape index (κ1) is 55.9. The lowest BCUT2D eigenvalue weighted by atomic mass is 9.84. The third-order valence-electron chi connectivity index (χ3n) is 14.8. The summed E-state index contributed by atoms with van der Waals surface area (Å²) in [5.74, 6) is -15.9. The van der Waals surface area contributed by atoms with Gasteiger partial charge < -0.3 is 33.1 Å². The molecule has 10 rings (SSSR count). The first-order valence-electron chi connectivity index (χ1n) is 24.2. The number of aliphatic hydroxyl groups excluding tert-OH is 1. The fraction of sp³-hybridized carbons (Fsp3) is 0.625. The molecule has 28 heteroatoms. The zero-order chi connectivity index (χ0) is 55.0. The van der Waals surface area contributed by atoms with E-state index in [1.165, 1.54) is 30.3 Å². The van der Waals surface area contributed by atoms with Crippen LogP contribution in [-0.2, 0) is 37.0 Å². The molecule has 1 N–H and O–H groups in total. The van der Waals surface area contributed by atoms with Gasteiger partial charge in [-0.1, -0.05) is 34.6 Å². The molecule has 420 valence electrons. The molecule has 0 amide bonds. The van der Waals surface area contributed by atoms with Crippen LogP contribution in [0.1, 0.15) is 112 Å². The predicted octanol–water partition coefficient (Wildman–Crippen LogP) is 13.1. The van der Waals surface area contributed by atoms with Crippen molar-refractivity contribution in [3.63, 3.8) is 0 Å². The van der Waals surface area contributed by atoms with Crippen molar-refractivity contribution in [3.05, 3.63) is 71.2 Å². The van der Waals surface area contributed by atoms with Gasteiger partial charge in [-0.3, -0.25) is 4.18 Å². The fourth-order valence-electron chi connectivity index (χ4n) is 10.8. The lowest BCUT2D eigenvalue weighted by Gasteiger charge is -2.37. The van der Waals surface area contributed by atoms with Crippen LogP contribution in [0, 0.1) is 23.7 Å². The largest absolute Gasteiger partial charge is 0.573 e. The number of fused-ring (bicyclic) bond motifs is 4. The molecule has 0 spiro atoms. The number of nitrogens with zero attached hydrogens (tertiary/aromatic N) is 2. The molecule has 4 bridgehead atoms. The molecule has 0 aliphatic heterocycles. The van der Waals surface area contributed by atoms with Crippen LogP contribution in [0.15, 0.2) is 57.6 Å². The van der Waals surface area contributed by atoms with Gasteiger partial charge in [-0.15, -0.1) is 26.3 Å². The normalized spacial score (nSPS) is 26.3. The Morgan fingerprint density at radius 1 is 0.539 bits per heavy atom. The van der Waals surface area contributed by atoms with Crippen LogP contribution in [0.25, 0.3) is 22.5 Å². The highest BCUT2D eigenvalue weighted by Crippen LogP contribution is 2.57. The predicted molar refractivity (Wildman–Crippen MR) is 230 cm³/mol. The van der Waals surface area contributed by atoms with Crippen LogP contribution in [0.2, 0.25) is 0 Å². The van der Waals surface area contributed by atoms with Gasteiger partial charge in [0.1, 0.15) is 34.4 Å². The number of para-hydroxylation sites is 2. The van der Waals surface area contributed by atoms with E-state index in [4.69, 9.17) is 18.5 Å². The van der Waals surface area contributed by atoms with Gasteiger partial charge in [0, 0.05) is 34.1 Å². The van der Waals surface area contributed by atoms with Crippen molar-refractivity contribution < 1.29 is 112 Å². The quantitative estimate of drug-likeness (QED) is 0.0791. The Labute approximate surface area is 422 Å². The summed E-state index contributed by atoms with van der Waals surface area (Å²) in [5, 5.41) is 11.3. The van der Waals surface area contributed by atoms with Gasteiger partial charge in [0.2, 0.25) is 0 Å². The van der Waals surface area contributed by atoms with E-state index in [9.17, 15) is 79.4 Å². The number of hydrogen-bond acceptors (Lipinski definition) is 12. The lowest BCUT2D eigenvalue weighted by Crippen LogP contribution is -2.63. The molecule has 12 nitrogen and oxygen atoms in total. The Bertz CT molecular complexity index is 2780. The molecule has 0 saturated heterocycles. The second-order valence-corrected chi connectivity index (χ2v) is 21.7. The van der Waals surface area contributed by atoms with E-state index in [1.54, 1.807) is 12.1 Å². The second kappa shape index (κ2) is 20.5. The monoisotopic (exact) mass is 1130 g/mol. The smallest absolute Gasteiger partial charge is 0.405 e. The minimum atomic E-state index is -7.41. The van der Waals surface area contributed by atoms with E-state index in [0.717, 1.165) is 44.6 Å². The molecule has 2 heterocycles. The molecule has 2 aromatic heterocycles. The molecule has 6 saturated carbocycles. The topological polar surface area (TPSA) is 153 Å². The van der Waals surface area contributed by atoms with Crippen molar-refractivity contribution in [2.75, 3.05) is 0 Å². The standard InChI is InChI=1S/C26H23F12NO6S.C22H24F3NO4/c27-22(28,24(31,32)33)23(29,30)25(34,35)46(40,41)45-20-13-7-8-14(20)10-15(9-13)42-11-17-19(39-44-21(17)12-5-6-12)16-3-1-2-4-18(16)43-26(36,37)38;23-22(24,25)29-18-4-2-1-3-16(18)19-17(21(30-26-19)12-5-6-12)11-28-15-9-13-7-8-14(10-15)20(13)27/h1-4,12-15,20H,5-11H2;1-4,12-15,20,27H,5-11H2. The Morgan fingerprint density at radius 3 is 1.30 bits per heavy atom. The summed E-state index contributed by atoms with van der Waals surface area (Å²) >= 11 is 0. The van der Waals surface area contributed by atoms with Crippen molar-refractivity contribution in [3.8, 4) is 34.0 Å². The van der Waals surface area contributed by atoms with E-state index in [1.807, 2.05) is 0 Å². The molecule has 0 radical (unpaired) electrons. The average molecular weight is 1130 g/mol. The number of hydrogen-bond donors (Lipinski definition) is 1. The summed E-state index contributed by atoms with van der Waals surface area (Å²) in [4.78, 5) is 0. The summed E-state index contributed by atoms with van der Waals surface area (Å²) in [5.41, 5.74) is 1.51. The first-order chi connectivity index (χ1) is 35.5. The number of aromatic nitrogens is 2. The number of alkyl halides is 15. The van der Waals surface area contributed by atoms with Crippen LogP contribution in [-0.4, -0.2) is 84.3 Å². The van der Waals surface area contributed by atoms with Gasteiger partial charge in [-0.2, -0.15) is 47.9 Å². The highest BCUT2D eigenvalue weighted by atomic mass is 32.2. The molecule has 6 aliphatic rings. The minimum Gasteiger partial charge on any atom is -0.405 e. The Balaban J connectivity index is 0.000000202. The van der Waals surface area contributed by atoms with Gasteiger partial charge in [0.15, 0.2) is 0 Å². The molecular weight excluding hydrogens is 1080 g/mol. The molecule has 76 heavy (non-hydrogen) atoms. The van der Waals surface area contributed by atoms with E-state index >= 15 is 0 Å². The summed E-state index contributed by atoms with van der Waals surface area (Å²) in [6.07, 6.45) is -12.8. The zero-order valence-corrected chi connectivity index (χ0v) is 40.2. The van der Waals surface area contributed by atoms with Gasteiger partial charge in [-0.25, -0.2) is 0 Å². The molecule has 2 aromatic carbocycles. The lowest BCUT2D eigenvalue weighted by molar-refractivity contribution is -0.383. The fourth-order valence-corrected chi connectivity index (χ4v) is 12.0. The number of halogens is 15. The number of ether oxygens (including phenoxy) is 4. The maximum absolute atomic E-state index is 14.2. The maximum Gasteiger partial charge on any atom is 0.573 e. The van der Waals surface area contributed by atoms with Crippen molar-refractivity contribution in [1.82, 2.24) is 10.3 Å². The maximum atomic E-state index is 14.2. The highest BCUT2D eigenvalue weighted by Gasteiger charge is 2.86. The summed E-state index contributed by atoms with van der Waals surface area (Å²) in [6, 6.07) is 11.1. The van der Waals surface area contributed by atoms with Crippen molar-refractivity contribution in [1.29, 1.82) is 0 Å². The zero-order valence-electron chi connectivity index (χ0n) is 39.4. The Morgan fingerprint density at radius 2 is 0.921 bits per heavy atom. The molecule has 6 aliphatic carbocycles. The molecular formula is C48H47F15N2O10S. The molecule has 4 aromatic rings. The van der Waals surface area contributed by atoms with Gasteiger partial charge in [-0.05, 0) is 125 Å². The van der Waals surface area contributed by atoms with E-state index in [0.29, 0.717) is 41.2 Å². The van der Waals surface area contributed by atoms with Crippen LogP contribution >= 0.6 is 0 Å². The van der Waals surface area contributed by atoms with Gasteiger partial charge in [0.05, 0.1) is 37.6 Å². The third kappa shape index (κ3) is 11.4. The Hall–Kier alpha value is -4.80. The highest BCUT2D eigenvalue weighted by molar-refractivity contribution is 7.87. The van der Waals surface area contributed by atoms with Gasteiger partial charge in [0.25, 0.3) is 0 Å². The van der Waals surface area contributed by atoms with E-state index < -0.39 is 75.9 Å². The van der Waals surface area contributed by atoms with Crippen LogP contribution < -0.4 is 9.47 Å². The molecule has 6 fully saturated rings. The summed E-state index contributed by atoms with van der Waals surface area (Å²) in [6.45, 7) is -0.0546. The molecule has 4 atom stereocenters. The van der Waals surface area contributed by atoms with Crippen molar-refractivity contribution in [2.24, 2.45) is 23.7 Å². The van der Waals surface area contributed by atoms with Crippen LogP contribution in [0.5, 0.6) is 11.5 Å². The summed E-state index contributed by atoms with van der Waals surface area (Å²) < 4.78 is 258. The Kier molecular flexibility index (Phi) is 15.1. The van der Waals surface area contributed by atoms with Crippen LogP contribution in [0.4, 0.5) is 65.9 Å². The number of rotatable bonds is 17. The number of benzene rings is 2. The van der Waals surface area contributed by atoms with Crippen molar-refractivity contribution >= 4 is 10.1 Å². The summed E-state index contributed by atoms with van der Waals surface area (Å²) in [7, 11) is -7.03. The third-order valence-corrected chi connectivity index (χ3v) is 16.2.